The molecule has 2 aliphatic carbocycles. The molecular weight excluding hydrogens is 277 g/mol. The molecule has 0 aliphatic heterocycles. The lowest BCUT2D eigenvalue weighted by atomic mass is 9.92. The minimum Gasteiger partial charge on any atom is -0.271 e. The molecule has 0 saturated heterocycles. The number of nitrogens with one attached hydrogen (secondary N) is 1. The molecule has 0 spiro atoms. The lowest BCUT2D eigenvalue weighted by Gasteiger charge is -2.17. The van der Waals surface area contributed by atoms with Crippen molar-refractivity contribution in [2.24, 2.45) is 17.7 Å². The average molecular weight is 298 g/mol. The van der Waals surface area contributed by atoms with Gasteiger partial charge >= 0.3 is 6.18 Å². The van der Waals surface area contributed by atoms with Gasteiger partial charge in [0.2, 0.25) is 0 Å². The van der Waals surface area contributed by atoms with E-state index < -0.39 is 12.6 Å². The van der Waals surface area contributed by atoms with Crippen LogP contribution in [0.2, 0.25) is 0 Å². The fourth-order valence-corrected chi connectivity index (χ4v) is 4.08. The van der Waals surface area contributed by atoms with Gasteiger partial charge in [-0.25, -0.2) is 0 Å². The summed E-state index contributed by atoms with van der Waals surface area (Å²) >= 11 is 0. The smallest absolute Gasteiger partial charge is 0.271 e. The summed E-state index contributed by atoms with van der Waals surface area (Å²) in [6.07, 6.45) is -1.94. The topological polar surface area (TPSA) is 38.0 Å². The van der Waals surface area contributed by atoms with Gasteiger partial charge in [-0.05, 0) is 54.6 Å². The van der Waals surface area contributed by atoms with Crippen molar-refractivity contribution < 1.29 is 13.2 Å². The SMILES string of the molecule is NNC(CCCC(F)(F)F)C1C2CCc3ccccc3C21. The second-order valence-electron chi connectivity index (χ2n) is 6.29. The van der Waals surface area contributed by atoms with Crippen LogP contribution in [0, 0.1) is 11.8 Å². The fraction of sp³-hybridized carbons (Fsp3) is 0.625. The number of nitrogens with two attached hydrogens (primary N) is 1. The Morgan fingerprint density at radius 2 is 2.05 bits per heavy atom. The molecule has 3 N–H and O–H groups in total. The first-order valence-corrected chi connectivity index (χ1v) is 7.62. The minimum atomic E-state index is -4.07. The molecule has 21 heavy (non-hydrogen) atoms. The predicted molar refractivity (Wildman–Crippen MR) is 75.5 cm³/mol. The van der Waals surface area contributed by atoms with Crippen molar-refractivity contribution in [3.05, 3.63) is 35.4 Å². The van der Waals surface area contributed by atoms with E-state index in [4.69, 9.17) is 5.84 Å². The highest BCUT2D eigenvalue weighted by Crippen LogP contribution is 2.61. The van der Waals surface area contributed by atoms with Crippen LogP contribution in [0.25, 0.3) is 0 Å². The van der Waals surface area contributed by atoms with Crippen molar-refractivity contribution in [3.8, 4) is 0 Å². The number of alkyl halides is 3. The van der Waals surface area contributed by atoms with E-state index in [9.17, 15) is 13.2 Å². The highest BCUT2D eigenvalue weighted by atomic mass is 19.4. The van der Waals surface area contributed by atoms with Crippen LogP contribution in [0.1, 0.15) is 42.7 Å². The van der Waals surface area contributed by atoms with Gasteiger partial charge in [-0.2, -0.15) is 13.2 Å². The Bertz CT molecular complexity index is 501. The number of hydrazine groups is 1. The number of benzene rings is 1. The van der Waals surface area contributed by atoms with E-state index in [-0.39, 0.29) is 12.5 Å². The molecule has 1 saturated carbocycles. The molecule has 3 rings (SSSR count). The largest absolute Gasteiger partial charge is 0.389 e. The van der Waals surface area contributed by atoms with Gasteiger partial charge in [0.1, 0.15) is 0 Å². The minimum absolute atomic E-state index is 0.00601. The highest BCUT2D eigenvalue weighted by Gasteiger charge is 2.55. The number of halogens is 3. The van der Waals surface area contributed by atoms with Crippen LogP contribution < -0.4 is 11.3 Å². The predicted octanol–water partition coefficient (Wildman–Crippen LogP) is 3.53. The van der Waals surface area contributed by atoms with E-state index in [1.165, 1.54) is 11.1 Å². The first kappa shape index (κ1) is 14.9. The molecule has 116 valence electrons. The monoisotopic (exact) mass is 298 g/mol. The summed E-state index contributed by atoms with van der Waals surface area (Å²) in [5.41, 5.74) is 5.55. The van der Waals surface area contributed by atoms with E-state index in [1.807, 2.05) is 6.07 Å². The highest BCUT2D eigenvalue weighted by molar-refractivity contribution is 5.40. The number of rotatable bonds is 5. The third kappa shape index (κ3) is 3.09. The van der Waals surface area contributed by atoms with E-state index >= 15 is 0 Å². The molecule has 0 amide bonds. The lowest BCUT2D eigenvalue weighted by Crippen LogP contribution is -2.37. The van der Waals surface area contributed by atoms with Gasteiger partial charge in [0.25, 0.3) is 0 Å². The standard InChI is InChI=1S/C16H21F3N2/c17-16(18,19)9-3-6-13(21-20)15-12-8-7-10-4-1-2-5-11(10)14(12)15/h1-2,4-5,12-15,21H,3,6-9,20H2. The summed E-state index contributed by atoms with van der Waals surface area (Å²) in [5, 5.41) is 0. The van der Waals surface area contributed by atoms with Gasteiger partial charge in [-0.3, -0.25) is 11.3 Å². The third-order valence-corrected chi connectivity index (χ3v) is 5.04. The molecule has 5 heteroatoms. The van der Waals surface area contributed by atoms with Gasteiger partial charge in [0, 0.05) is 12.5 Å². The van der Waals surface area contributed by atoms with Crippen molar-refractivity contribution in [2.75, 3.05) is 0 Å². The molecule has 0 heterocycles. The molecule has 2 aliphatic rings. The second kappa shape index (κ2) is 5.61. The molecule has 1 fully saturated rings. The van der Waals surface area contributed by atoms with Crippen LogP contribution in [-0.2, 0) is 6.42 Å². The Kier molecular flexibility index (Phi) is 3.97. The van der Waals surface area contributed by atoms with Crippen LogP contribution >= 0.6 is 0 Å². The maximum absolute atomic E-state index is 12.3. The quantitative estimate of drug-likeness (QED) is 0.644. The van der Waals surface area contributed by atoms with E-state index in [1.54, 1.807) is 0 Å². The molecule has 1 aromatic rings. The van der Waals surface area contributed by atoms with Crippen molar-refractivity contribution in [2.45, 2.75) is 50.2 Å². The molecule has 4 unspecified atom stereocenters. The van der Waals surface area contributed by atoms with Crippen LogP contribution in [0.4, 0.5) is 13.2 Å². The summed E-state index contributed by atoms with van der Waals surface area (Å²) in [4.78, 5) is 0. The summed E-state index contributed by atoms with van der Waals surface area (Å²) in [6, 6.07) is 8.42. The van der Waals surface area contributed by atoms with Gasteiger partial charge in [-0.15, -0.1) is 0 Å². The van der Waals surface area contributed by atoms with Crippen molar-refractivity contribution >= 4 is 0 Å². The molecule has 2 nitrogen and oxygen atoms in total. The third-order valence-electron chi connectivity index (χ3n) is 5.04. The van der Waals surface area contributed by atoms with Gasteiger partial charge in [0.05, 0.1) is 0 Å². The van der Waals surface area contributed by atoms with E-state index in [0.29, 0.717) is 24.2 Å². The Hall–Kier alpha value is -1.07. The van der Waals surface area contributed by atoms with Gasteiger partial charge in [-0.1, -0.05) is 24.3 Å². The van der Waals surface area contributed by atoms with Crippen LogP contribution in [0.5, 0.6) is 0 Å². The number of fused-ring (bicyclic) bond motifs is 3. The number of hydrogen-bond donors (Lipinski definition) is 2. The van der Waals surface area contributed by atoms with E-state index in [0.717, 1.165) is 12.8 Å². The van der Waals surface area contributed by atoms with Crippen LogP contribution in [0.15, 0.2) is 24.3 Å². The lowest BCUT2D eigenvalue weighted by molar-refractivity contribution is -0.135. The first-order chi connectivity index (χ1) is 10.0. The summed E-state index contributed by atoms with van der Waals surface area (Å²) in [5.74, 6) is 7.08. The molecular formula is C16H21F3N2. The average Bonchev–Trinajstić information content (AvgIpc) is 3.17. The normalized spacial score (nSPS) is 28.7. The number of aryl methyl sites for hydroxylation is 1. The van der Waals surface area contributed by atoms with Crippen molar-refractivity contribution in [1.82, 2.24) is 5.43 Å². The van der Waals surface area contributed by atoms with Crippen LogP contribution in [0.3, 0.4) is 0 Å². The van der Waals surface area contributed by atoms with E-state index in [2.05, 4.69) is 23.6 Å². The second-order valence-corrected chi connectivity index (χ2v) is 6.29. The van der Waals surface area contributed by atoms with Crippen molar-refractivity contribution in [3.63, 3.8) is 0 Å². The maximum atomic E-state index is 12.3. The van der Waals surface area contributed by atoms with Crippen molar-refractivity contribution in [1.29, 1.82) is 0 Å². The maximum Gasteiger partial charge on any atom is 0.389 e. The molecule has 4 atom stereocenters. The Balaban J connectivity index is 1.63. The zero-order valence-electron chi connectivity index (χ0n) is 11.9. The zero-order valence-corrected chi connectivity index (χ0v) is 11.9. The molecule has 0 aromatic heterocycles. The molecule has 1 aromatic carbocycles. The van der Waals surface area contributed by atoms with Gasteiger partial charge < -0.3 is 0 Å². The molecule has 0 radical (unpaired) electrons. The molecule has 0 bridgehead atoms. The first-order valence-electron chi connectivity index (χ1n) is 7.62. The Labute approximate surface area is 122 Å². The summed E-state index contributed by atoms with van der Waals surface area (Å²) in [6.45, 7) is 0. The number of hydrogen-bond acceptors (Lipinski definition) is 2. The summed E-state index contributed by atoms with van der Waals surface area (Å²) in [7, 11) is 0. The van der Waals surface area contributed by atoms with Crippen LogP contribution in [-0.4, -0.2) is 12.2 Å². The Morgan fingerprint density at radius 1 is 1.29 bits per heavy atom. The Morgan fingerprint density at radius 3 is 2.76 bits per heavy atom. The summed E-state index contributed by atoms with van der Waals surface area (Å²) < 4.78 is 36.8. The zero-order chi connectivity index (χ0) is 15.0. The van der Waals surface area contributed by atoms with Gasteiger partial charge in [0.15, 0.2) is 0 Å². The fourth-order valence-electron chi connectivity index (χ4n) is 4.08.